The largest absolute Gasteiger partial charge is 0.444 e. The molecule has 1 N–H and O–H groups in total. The molecule has 1 fully saturated rings. The second-order valence-electron chi connectivity index (χ2n) is 7.12. The van der Waals surface area contributed by atoms with Crippen LogP contribution in [-0.2, 0) is 4.74 Å². The van der Waals surface area contributed by atoms with Crippen molar-refractivity contribution in [1.82, 2.24) is 10.2 Å². The minimum Gasteiger partial charge on any atom is -0.444 e. The number of ether oxygens (including phenoxy) is 1. The Morgan fingerprint density at radius 1 is 1.36 bits per heavy atom. The molecule has 0 bridgehead atoms. The summed E-state index contributed by atoms with van der Waals surface area (Å²) in [5.41, 5.74) is -0.436. The molecule has 0 saturated carbocycles. The number of likely N-dealkylation sites (tertiary alicyclic amines) is 1. The van der Waals surface area contributed by atoms with Gasteiger partial charge in [0, 0.05) is 18.6 Å². The Hall–Kier alpha value is -1.21. The monoisotopic (exact) mass is 308 g/mol. The highest BCUT2D eigenvalue weighted by molar-refractivity contribution is 5.68. The van der Waals surface area contributed by atoms with Gasteiger partial charge in [-0.3, -0.25) is 0 Å². The third kappa shape index (κ3) is 7.17. The molecule has 1 aliphatic heterocycles. The average molecular weight is 308 g/mol. The van der Waals surface area contributed by atoms with Crippen LogP contribution in [0.5, 0.6) is 0 Å². The van der Waals surface area contributed by atoms with Gasteiger partial charge in [0.15, 0.2) is 0 Å². The first kappa shape index (κ1) is 18.8. The molecule has 1 amide bonds. The van der Waals surface area contributed by atoms with Gasteiger partial charge in [-0.1, -0.05) is 18.8 Å². The number of hydrogen-bond donors (Lipinski definition) is 1. The number of rotatable bonds is 4. The van der Waals surface area contributed by atoms with Gasteiger partial charge in [0.05, 0.1) is 6.54 Å². The molecule has 1 aliphatic rings. The molecular weight excluding hydrogens is 276 g/mol. The van der Waals surface area contributed by atoms with E-state index in [0.717, 1.165) is 25.8 Å². The van der Waals surface area contributed by atoms with Crippen LogP contribution in [0.25, 0.3) is 0 Å². The SMILES string of the molecule is CC#CCNC(C)CC1CCCCCN1C(=O)OC(C)(C)C. The maximum absolute atomic E-state index is 12.5. The van der Waals surface area contributed by atoms with E-state index >= 15 is 0 Å². The van der Waals surface area contributed by atoms with Crippen molar-refractivity contribution in [2.45, 2.75) is 84.4 Å². The second kappa shape index (κ2) is 9.05. The molecule has 0 aromatic heterocycles. The molecule has 0 spiro atoms. The molecule has 2 unspecified atom stereocenters. The Morgan fingerprint density at radius 3 is 2.73 bits per heavy atom. The number of carbonyl (C=O) groups excluding carboxylic acids is 1. The molecule has 0 aliphatic carbocycles. The lowest BCUT2D eigenvalue weighted by molar-refractivity contribution is 0.0151. The Balaban J connectivity index is 2.64. The van der Waals surface area contributed by atoms with Crippen molar-refractivity contribution in [2.75, 3.05) is 13.1 Å². The summed E-state index contributed by atoms with van der Waals surface area (Å²) in [6.45, 7) is 11.3. The minimum absolute atomic E-state index is 0.167. The van der Waals surface area contributed by atoms with E-state index in [1.54, 1.807) is 0 Å². The normalized spacial score (nSPS) is 20.6. The van der Waals surface area contributed by atoms with Gasteiger partial charge in [0.25, 0.3) is 0 Å². The lowest BCUT2D eigenvalue weighted by Gasteiger charge is -2.33. The third-order valence-corrected chi connectivity index (χ3v) is 3.85. The number of amides is 1. The highest BCUT2D eigenvalue weighted by Gasteiger charge is 2.30. The highest BCUT2D eigenvalue weighted by Crippen LogP contribution is 2.23. The van der Waals surface area contributed by atoms with Crippen molar-refractivity contribution in [3.8, 4) is 11.8 Å². The van der Waals surface area contributed by atoms with Crippen molar-refractivity contribution in [3.05, 3.63) is 0 Å². The third-order valence-electron chi connectivity index (χ3n) is 3.85. The van der Waals surface area contributed by atoms with E-state index in [-0.39, 0.29) is 12.1 Å². The van der Waals surface area contributed by atoms with Crippen molar-refractivity contribution in [1.29, 1.82) is 0 Å². The van der Waals surface area contributed by atoms with Crippen LogP contribution < -0.4 is 5.32 Å². The molecular formula is C18H32N2O2. The van der Waals surface area contributed by atoms with Crippen molar-refractivity contribution in [2.24, 2.45) is 0 Å². The Labute approximate surface area is 136 Å². The van der Waals surface area contributed by atoms with Crippen molar-refractivity contribution in [3.63, 3.8) is 0 Å². The van der Waals surface area contributed by atoms with Gasteiger partial charge in [0.2, 0.25) is 0 Å². The molecule has 1 saturated heterocycles. The minimum atomic E-state index is -0.436. The number of nitrogens with zero attached hydrogens (tertiary/aromatic N) is 1. The number of nitrogens with one attached hydrogen (secondary N) is 1. The molecule has 2 atom stereocenters. The van der Waals surface area contributed by atoms with Crippen LogP contribution in [0.2, 0.25) is 0 Å². The molecule has 22 heavy (non-hydrogen) atoms. The summed E-state index contributed by atoms with van der Waals surface area (Å²) in [7, 11) is 0. The topological polar surface area (TPSA) is 41.6 Å². The fourth-order valence-electron chi connectivity index (χ4n) is 2.79. The Kier molecular flexibility index (Phi) is 7.75. The molecule has 0 aromatic rings. The van der Waals surface area contributed by atoms with Gasteiger partial charge in [-0.05, 0) is 53.9 Å². The maximum Gasteiger partial charge on any atom is 0.410 e. The maximum atomic E-state index is 12.5. The summed E-state index contributed by atoms with van der Waals surface area (Å²) in [6.07, 6.45) is 5.29. The van der Waals surface area contributed by atoms with Crippen molar-refractivity contribution < 1.29 is 9.53 Å². The highest BCUT2D eigenvalue weighted by atomic mass is 16.6. The van der Waals surface area contributed by atoms with Gasteiger partial charge < -0.3 is 15.0 Å². The van der Waals surface area contributed by atoms with Gasteiger partial charge in [-0.15, -0.1) is 5.92 Å². The molecule has 4 nitrogen and oxygen atoms in total. The zero-order valence-corrected chi connectivity index (χ0v) is 14.9. The number of carbonyl (C=O) groups is 1. The fraction of sp³-hybridized carbons (Fsp3) is 0.833. The second-order valence-corrected chi connectivity index (χ2v) is 7.12. The number of hydrogen-bond acceptors (Lipinski definition) is 3. The van der Waals surface area contributed by atoms with Crippen LogP contribution in [0, 0.1) is 11.8 Å². The van der Waals surface area contributed by atoms with E-state index in [4.69, 9.17) is 4.74 Å². The van der Waals surface area contributed by atoms with E-state index in [1.807, 2.05) is 32.6 Å². The molecule has 1 heterocycles. The van der Waals surface area contributed by atoms with E-state index in [0.29, 0.717) is 12.6 Å². The molecule has 0 radical (unpaired) electrons. The molecule has 126 valence electrons. The predicted octanol–water partition coefficient (Wildman–Crippen LogP) is 3.56. The van der Waals surface area contributed by atoms with E-state index in [2.05, 4.69) is 24.1 Å². The Bertz CT molecular complexity index is 404. The lowest BCUT2D eigenvalue weighted by atomic mass is 10.0. The smallest absolute Gasteiger partial charge is 0.410 e. The summed E-state index contributed by atoms with van der Waals surface area (Å²) in [4.78, 5) is 14.4. The summed E-state index contributed by atoms with van der Waals surface area (Å²) in [5, 5.41) is 3.41. The van der Waals surface area contributed by atoms with Crippen molar-refractivity contribution >= 4 is 6.09 Å². The Morgan fingerprint density at radius 2 is 2.09 bits per heavy atom. The summed E-state index contributed by atoms with van der Waals surface area (Å²) in [5.74, 6) is 5.92. The zero-order chi connectivity index (χ0) is 16.6. The van der Waals surface area contributed by atoms with Crippen LogP contribution in [0.3, 0.4) is 0 Å². The van der Waals surface area contributed by atoms with Crippen LogP contribution in [0.15, 0.2) is 0 Å². The molecule has 0 aromatic carbocycles. The average Bonchev–Trinajstić information content (AvgIpc) is 2.62. The zero-order valence-electron chi connectivity index (χ0n) is 14.9. The molecule has 1 rings (SSSR count). The van der Waals surface area contributed by atoms with Crippen LogP contribution in [-0.4, -0.2) is 41.8 Å². The molecule has 4 heteroatoms. The van der Waals surface area contributed by atoms with Gasteiger partial charge in [-0.25, -0.2) is 4.79 Å². The van der Waals surface area contributed by atoms with E-state index in [9.17, 15) is 4.79 Å². The summed E-state index contributed by atoms with van der Waals surface area (Å²) in [6, 6.07) is 0.600. The van der Waals surface area contributed by atoms with Gasteiger partial charge >= 0.3 is 6.09 Å². The van der Waals surface area contributed by atoms with Crippen LogP contribution in [0.1, 0.15) is 66.7 Å². The van der Waals surface area contributed by atoms with Gasteiger partial charge in [0.1, 0.15) is 5.60 Å². The quantitative estimate of drug-likeness (QED) is 0.807. The first-order valence-electron chi connectivity index (χ1n) is 8.46. The van der Waals surface area contributed by atoms with Crippen LogP contribution >= 0.6 is 0 Å². The van der Waals surface area contributed by atoms with E-state index < -0.39 is 5.60 Å². The first-order valence-corrected chi connectivity index (χ1v) is 8.46. The summed E-state index contributed by atoms with van der Waals surface area (Å²) >= 11 is 0. The first-order chi connectivity index (χ1) is 10.3. The standard InChI is InChI=1S/C18H32N2O2/c1-6-7-12-19-15(2)14-16-11-9-8-10-13-20(16)17(21)22-18(3,4)5/h15-16,19H,8-14H2,1-5H3. The van der Waals surface area contributed by atoms with Gasteiger partial charge in [-0.2, -0.15) is 0 Å². The predicted molar refractivity (Wildman–Crippen MR) is 90.7 cm³/mol. The van der Waals surface area contributed by atoms with Crippen LogP contribution in [0.4, 0.5) is 4.79 Å². The van der Waals surface area contributed by atoms with E-state index in [1.165, 1.54) is 12.8 Å². The lowest BCUT2D eigenvalue weighted by Crippen LogP contribution is -2.45. The summed E-state index contributed by atoms with van der Waals surface area (Å²) < 4.78 is 5.59. The fourth-order valence-corrected chi connectivity index (χ4v) is 2.79.